The number of nitrogens with one attached hydrogen (secondary N) is 1. The van der Waals surface area contributed by atoms with Crippen LogP contribution in [0.3, 0.4) is 0 Å². The van der Waals surface area contributed by atoms with Gasteiger partial charge in [-0.3, -0.25) is 0 Å². The largest absolute Gasteiger partial charge is 0.381 e. The standard InChI is InChI=1S/C11H14ClNO/c12-10-3-1-2-4-11(10)13-9-5-7-14-8-6-9/h1-4,9,13H,5-8H2. The molecule has 1 fully saturated rings. The van der Waals surface area contributed by atoms with E-state index in [9.17, 15) is 0 Å². The first kappa shape index (κ1) is 9.81. The van der Waals surface area contributed by atoms with Gasteiger partial charge in [-0.05, 0) is 25.0 Å². The summed E-state index contributed by atoms with van der Waals surface area (Å²) >= 11 is 6.05. The Morgan fingerprint density at radius 3 is 2.64 bits per heavy atom. The van der Waals surface area contributed by atoms with Crippen molar-refractivity contribution < 1.29 is 4.74 Å². The van der Waals surface area contributed by atoms with Gasteiger partial charge in [0, 0.05) is 19.3 Å². The Balaban J connectivity index is 1.99. The normalized spacial score (nSPS) is 18.1. The molecule has 1 aromatic rings. The molecule has 1 N–H and O–H groups in total. The molecule has 3 heteroatoms. The number of hydrogen-bond acceptors (Lipinski definition) is 2. The molecule has 2 rings (SSSR count). The minimum atomic E-state index is 0.503. The summed E-state index contributed by atoms with van der Waals surface area (Å²) in [5.74, 6) is 0. The van der Waals surface area contributed by atoms with Crippen molar-refractivity contribution in [1.82, 2.24) is 0 Å². The van der Waals surface area contributed by atoms with Gasteiger partial charge in [-0.15, -0.1) is 0 Å². The molecule has 0 unspecified atom stereocenters. The lowest BCUT2D eigenvalue weighted by atomic mass is 10.1. The van der Waals surface area contributed by atoms with Gasteiger partial charge in [0.05, 0.1) is 10.7 Å². The van der Waals surface area contributed by atoms with Crippen molar-refractivity contribution in [1.29, 1.82) is 0 Å². The molecule has 1 saturated heterocycles. The van der Waals surface area contributed by atoms with Gasteiger partial charge in [0.1, 0.15) is 0 Å². The molecule has 0 bridgehead atoms. The van der Waals surface area contributed by atoms with Gasteiger partial charge in [-0.2, -0.15) is 0 Å². The monoisotopic (exact) mass is 211 g/mol. The zero-order valence-electron chi connectivity index (χ0n) is 8.00. The number of benzene rings is 1. The summed E-state index contributed by atoms with van der Waals surface area (Å²) in [6, 6.07) is 8.36. The first-order valence-electron chi connectivity index (χ1n) is 4.95. The van der Waals surface area contributed by atoms with Crippen LogP contribution in [-0.2, 0) is 4.74 Å². The molecule has 2 nitrogen and oxygen atoms in total. The fraction of sp³-hybridized carbons (Fsp3) is 0.455. The first-order chi connectivity index (χ1) is 6.86. The summed E-state index contributed by atoms with van der Waals surface area (Å²) in [4.78, 5) is 0. The van der Waals surface area contributed by atoms with Crippen LogP contribution in [0.1, 0.15) is 12.8 Å². The first-order valence-corrected chi connectivity index (χ1v) is 5.33. The number of para-hydroxylation sites is 1. The highest BCUT2D eigenvalue weighted by molar-refractivity contribution is 6.33. The predicted octanol–water partition coefficient (Wildman–Crippen LogP) is 2.93. The minimum Gasteiger partial charge on any atom is -0.381 e. The Morgan fingerprint density at radius 2 is 1.93 bits per heavy atom. The van der Waals surface area contributed by atoms with Crippen LogP contribution in [-0.4, -0.2) is 19.3 Å². The number of hydrogen-bond donors (Lipinski definition) is 1. The quantitative estimate of drug-likeness (QED) is 0.812. The molecular weight excluding hydrogens is 198 g/mol. The molecule has 0 aliphatic carbocycles. The topological polar surface area (TPSA) is 21.3 Å². The molecule has 1 aliphatic rings. The van der Waals surface area contributed by atoms with Gasteiger partial charge in [0.15, 0.2) is 0 Å². The van der Waals surface area contributed by atoms with Gasteiger partial charge >= 0.3 is 0 Å². The number of halogens is 1. The SMILES string of the molecule is Clc1ccccc1NC1CCOCC1. The second kappa shape index (κ2) is 4.67. The van der Waals surface area contributed by atoms with Crippen LogP contribution in [0.4, 0.5) is 5.69 Å². The molecule has 14 heavy (non-hydrogen) atoms. The fourth-order valence-corrected chi connectivity index (χ4v) is 1.83. The van der Waals surface area contributed by atoms with Gasteiger partial charge in [-0.25, -0.2) is 0 Å². The molecule has 76 valence electrons. The van der Waals surface area contributed by atoms with Crippen molar-refractivity contribution in [2.75, 3.05) is 18.5 Å². The van der Waals surface area contributed by atoms with E-state index >= 15 is 0 Å². The molecule has 0 spiro atoms. The maximum absolute atomic E-state index is 6.05. The number of ether oxygens (including phenoxy) is 1. The van der Waals surface area contributed by atoms with E-state index in [1.54, 1.807) is 0 Å². The number of rotatable bonds is 2. The van der Waals surface area contributed by atoms with Crippen molar-refractivity contribution in [2.24, 2.45) is 0 Å². The van der Waals surface area contributed by atoms with Gasteiger partial charge in [-0.1, -0.05) is 23.7 Å². The molecular formula is C11H14ClNO. The maximum atomic E-state index is 6.05. The van der Waals surface area contributed by atoms with E-state index in [1.807, 2.05) is 24.3 Å². The fourth-order valence-electron chi connectivity index (χ4n) is 1.64. The van der Waals surface area contributed by atoms with E-state index in [0.717, 1.165) is 36.8 Å². The third-order valence-electron chi connectivity index (χ3n) is 2.45. The lowest BCUT2D eigenvalue weighted by molar-refractivity contribution is 0.0904. The molecule has 0 amide bonds. The van der Waals surface area contributed by atoms with E-state index in [-0.39, 0.29) is 0 Å². The van der Waals surface area contributed by atoms with E-state index in [4.69, 9.17) is 16.3 Å². The molecule has 0 aromatic heterocycles. The Labute approximate surface area is 89.2 Å². The zero-order chi connectivity index (χ0) is 9.80. The Morgan fingerprint density at radius 1 is 1.21 bits per heavy atom. The number of anilines is 1. The van der Waals surface area contributed by atoms with Crippen LogP contribution in [0.5, 0.6) is 0 Å². The summed E-state index contributed by atoms with van der Waals surface area (Å²) in [6.45, 7) is 1.70. The van der Waals surface area contributed by atoms with Crippen molar-refractivity contribution in [3.05, 3.63) is 29.3 Å². The molecule has 0 atom stereocenters. The van der Waals surface area contributed by atoms with Gasteiger partial charge in [0.25, 0.3) is 0 Å². The third-order valence-corrected chi connectivity index (χ3v) is 2.78. The van der Waals surface area contributed by atoms with Crippen molar-refractivity contribution in [2.45, 2.75) is 18.9 Å². The Bertz CT molecular complexity index is 297. The second-order valence-corrected chi connectivity index (χ2v) is 3.92. The van der Waals surface area contributed by atoms with Crippen LogP contribution < -0.4 is 5.32 Å². The lowest BCUT2D eigenvalue weighted by Crippen LogP contribution is -2.27. The second-order valence-electron chi connectivity index (χ2n) is 3.51. The smallest absolute Gasteiger partial charge is 0.0637 e. The third kappa shape index (κ3) is 2.40. The zero-order valence-corrected chi connectivity index (χ0v) is 8.76. The summed E-state index contributed by atoms with van der Waals surface area (Å²) in [7, 11) is 0. The van der Waals surface area contributed by atoms with Crippen molar-refractivity contribution in [3.8, 4) is 0 Å². The van der Waals surface area contributed by atoms with Crippen LogP contribution in [0, 0.1) is 0 Å². The Hall–Kier alpha value is -0.730. The molecule has 1 heterocycles. The van der Waals surface area contributed by atoms with Crippen LogP contribution >= 0.6 is 11.6 Å². The van der Waals surface area contributed by atoms with Crippen molar-refractivity contribution in [3.63, 3.8) is 0 Å². The molecule has 0 saturated carbocycles. The summed E-state index contributed by atoms with van der Waals surface area (Å²) in [5, 5.41) is 4.23. The molecule has 1 aromatic carbocycles. The van der Waals surface area contributed by atoms with Gasteiger partial charge < -0.3 is 10.1 Å². The lowest BCUT2D eigenvalue weighted by Gasteiger charge is -2.24. The van der Waals surface area contributed by atoms with Crippen LogP contribution in [0.15, 0.2) is 24.3 Å². The van der Waals surface area contributed by atoms with Crippen LogP contribution in [0.25, 0.3) is 0 Å². The highest BCUT2D eigenvalue weighted by Gasteiger charge is 2.13. The molecule has 0 radical (unpaired) electrons. The van der Waals surface area contributed by atoms with Crippen LogP contribution in [0.2, 0.25) is 5.02 Å². The highest BCUT2D eigenvalue weighted by Crippen LogP contribution is 2.23. The molecule has 1 aliphatic heterocycles. The van der Waals surface area contributed by atoms with E-state index < -0.39 is 0 Å². The Kier molecular flexibility index (Phi) is 3.27. The van der Waals surface area contributed by atoms with E-state index in [1.165, 1.54) is 0 Å². The highest BCUT2D eigenvalue weighted by atomic mass is 35.5. The van der Waals surface area contributed by atoms with Gasteiger partial charge in [0.2, 0.25) is 0 Å². The summed E-state index contributed by atoms with van der Waals surface area (Å²) < 4.78 is 5.29. The van der Waals surface area contributed by atoms with Crippen molar-refractivity contribution >= 4 is 17.3 Å². The van der Waals surface area contributed by atoms with E-state index in [0.29, 0.717) is 6.04 Å². The maximum Gasteiger partial charge on any atom is 0.0637 e. The average Bonchev–Trinajstić information content (AvgIpc) is 2.23. The summed E-state index contributed by atoms with van der Waals surface area (Å²) in [5.41, 5.74) is 1.03. The predicted molar refractivity (Wildman–Crippen MR) is 58.9 cm³/mol. The average molecular weight is 212 g/mol. The summed E-state index contributed by atoms with van der Waals surface area (Å²) in [6.07, 6.45) is 2.12. The van der Waals surface area contributed by atoms with E-state index in [2.05, 4.69) is 5.32 Å². The minimum absolute atomic E-state index is 0.503.